The average molecular weight is 254 g/mol. The van der Waals surface area contributed by atoms with Gasteiger partial charge in [-0.25, -0.2) is 8.78 Å². The van der Waals surface area contributed by atoms with E-state index in [0.29, 0.717) is 12.5 Å². The van der Waals surface area contributed by atoms with Crippen molar-refractivity contribution in [2.24, 2.45) is 5.92 Å². The lowest BCUT2D eigenvalue weighted by Crippen LogP contribution is -2.50. The molecule has 1 heterocycles. The van der Waals surface area contributed by atoms with Crippen molar-refractivity contribution in [2.75, 3.05) is 13.1 Å². The number of nitrogens with one attached hydrogen (secondary N) is 2. The zero-order valence-corrected chi connectivity index (χ0v) is 10.2. The third-order valence-electron chi connectivity index (χ3n) is 3.33. The summed E-state index contributed by atoms with van der Waals surface area (Å²) in [6.45, 7) is 3.55. The van der Waals surface area contributed by atoms with Gasteiger partial charge in [0.2, 0.25) is 0 Å². The summed E-state index contributed by atoms with van der Waals surface area (Å²) in [4.78, 5) is 11.9. The maximum Gasteiger partial charge on any atom is 0.257 e. The minimum Gasteiger partial charge on any atom is -0.348 e. The summed E-state index contributed by atoms with van der Waals surface area (Å²) in [6.07, 6.45) is 0.935. The Balaban J connectivity index is 2.12. The maximum atomic E-state index is 13.4. The number of amides is 1. The number of benzene rings is 1. The van der Waals surface area contributed by atoms with Crippen LogP contribution in [0.25, 0.3) is 0 Å². The number of hydrogen-bond donors (Lipinski definition) is 2. The van der Waals surface area contributed by atoms with Crippen LogP contribution < -0.4 is 10.6 Å². The van der Waals surface area contributed by atoms with Crippen LogP contribution in [-0.4, -0.2) is 25.0 Å². The summed E-state index contributed by atoms with van der Waals surface area (Å²) in [5, 5.41) is 5.83. The van der Waals surface area contributed by atoms with Crippen LogP contribution in [0.1, 0.15) is 23.7 Å². The van der Waals surface area contributed by atoms with E-state index in [9.17, 15) is 13.6 Å². The molecule has 0 radical (unpaired) electrons. The van der Waals surface area contributed by atoms with E-state index in [1.807, 2.05) is 6.92 Å². The number of rotatable bonds is 2. The fourth-order valence-electron chi connectivity index (χ4n) is 2.14. The monoisotopic (exact) mass is 254 g/mol. The molecule has 1 aromatic rings. The van der Waals surface area contributed by atoms with Gasteiger partial charge in [-0.05, 0) is 31.0 Å². The first kappa shape index (κ1) is 13.0. The molecule has 1 aliphatic rings. The normalized spacial score (nSPS) is 23.7. The molecule has 1 aliphatic heterocycles. The number of carbonyl (C=O) groups is 1. The molecular formula is C13H16F2N2O. The van der Waals surface area contributed by atoms with Crippen molar-refractivity contribution in [1.29, 1.82) is 0 Å². The first-order valence-corrected chi connectivity index (χ1v) is 6.05. The van der Waals surface area contributed by atoms with E-state index < -0.39 is 23.1 Å². The number of halogens is 2. The van der Waals surface area contributed by atoms with E-state index in [4.69, 9.17) is 0 Å². The van der Waals surface area contributed by atoms with E-state index in [2.05, 4.69) is 10.6 Å². The zero-order valence-electron chi connectivity index (χ0n) is 10.2. The molecule has 18 heavy (non-hydrogen) atoms. The van der Waals surface area contributed by atoms with Gasteiger partial charge in [0.1, 0.15) is 17.2 Å². The minimum atomic E-state index is -0.830. The van der Waals surface area contributed by atoms with Crippen molar-refractivity contribution in [3.63, 3.8) is 0 Å². The lowest BCUT2D eigenvalue weighted by Gasteiger charge is -2.30. The molecular weight excluding hydrogens is 238 g/mol. The highest BCUT2D eigenvalue weighted by molar-refractivity contribution is 5.94. The van der Waals surface area contributed by atoms with Gasteiger partial charge < -0.3 is 10.6 Å². The van der Waals surface area contributed by atoms with Crippen LogP contribution in [0.2, 0.25) is 0 Å². The zero-order chi connectivity index (χ0) is 13.1. The van der Waals surface area contributed by atoms with Gasteiger partial charge in [-0.3, -0.25) is 4.79 Å². The highest BCUT2D eigenvalue weighted by atomic mass is 19.1. The summed E-state index contributed by atoms with van der Waals surface area (Å²) in [5.41, 5.74) is -0.504. The van der Waals surface area contributed by atoms with Gasteiger partial charge in [0.15, 0.2) is 0 Å². The fraction of sp³-hybridized carbons (Fsp3) is 0.462. The second kappa shape index (κ2) is 5.44. The van der Waals surface area contributed by atoms with Crippen molar-refractivity contribution in [1.82, 2.24) is 10.6 Å². The van der Waals surface area contributed by atoms with Crippen LogP contribution in [0.15, 0.2) is 18.2 Å². The molecule has 0 saturated carbocycles. The van der Waals surface area contributed by atoms with Crippen molar-refractivity contribution >= 4 is 5.91 Å². The van der Waals surface area contributed by atoms with Crippen molar-refractivity contribution in [3.05, 3.63) is 35.4 Å². The Labute approximate surface area is 105 Å². The summed E-state index contributed by atoms with van der Waals surface area (Å²) >= 11 is 0. The lowest BCUT2D eigenvalue weighted by molar-refractivity contribution is 0.0906. The maximum absolute atomic E-state index is 13.4. The molecule has 1 saturated heterocycles. The van der Waals surface area contributed by atoms with Gasteiger partial charge in [-0.15, -0.1) is 0 Å². The van der Waals surface area contributed by atoms with Crippen LogP contribution in [0.3, 0.4) is 0 Å². The quantitative estimate of drug-likeness (QED) is 0.843. The molecule has 0 spiro atoms. The SMILES string of the molecule is CC1CCNCC1NC(=O)c1c(F)cccc1F. The van der Waals surface area contributed by atoms with Crippen LogP contribution in [0.4, 0.5) is 8.78 Å². The van der Waals surface area contributed by atoms with E-state index in [-0.39, 0.29) is 6.04 Å². The molecule has 2 unspecified atom stereocenters. The van der Waals surface area contributed by atoms with Gasteiger partial charge >= 0.3 is 0 Å². The van der Waals surface area contributed by atoms with E-state index >= 15 is 0 Å². The molecule has 98 valence electrons. The minimum absolute atomic E-state index is 0.0924. The molecule has 5 heteroatoms. The molecule has 2 rings (SSSR count). The Morgan fingerprint density at radius 1 is 1.39 bits per heavy atom. The van der Waals surface area contributed by atoms with E-state index in [1.54, 1.807) is 0 Å². The Morgan fingerprint density at radius 2 is 2.06 bits per heavy atom. The largest absolute Gasteiger partial charge is 0.348 e. The Hall–Kier alpha value is -1.49. The van der Waals surface area contributed by atoms with Crippen LogP contribution in [-0.2, 0) is 0 Å². The molecule has 2 N–H and O–H groups in total. The summed E-state index contributed by atoms with van der Waals surface area (Å²) < 4.78 is 26.9. The van der Waals surface area contributed by atoms with Crippen LogP contribution in [0, 0.1) is 17.6 Å². The smallest absolute Gasteiger partial charge is 0.257 e. The summed E-state index contributed by atoms with van der Waals surface area (Å²) in [5.74, 6) is -2.05. The summed E-state index contributed by atoms with van der Waals surface area (Å²) in [6, 6.07) is 3.32. The summed E-state index contributed by atoms with van der Waals surface area (Å²) in [7, 11) is 0. The second-order valence-corrected chi connectivity index (χ2v) is 4.65. The molecule has 3 nitrogen and oxygen atoms in total. The third kappa shape index (κ3) is 2.67. The highest BCUT2D eigenvalue weighted by Crippen LogP contribution is 2.15. The number of piperidine rings is 1. The van der Waals surface area contributed by atoms with Gasteiger partial charge in [0.05, 0.1) is 0 Å². The third-order valence-corrected chi connectivity index (χ3v) is 3.33. The van der Waals surface area contributed by atoms with Gasteiger partial charge in [-0.2, -0.15) is 0 Å². The van der Waals surface area contributed by atoms with Gasteiger partial charge in [0, 0.05) is 12.6 Å². The fourth-order valence-corrected chi connectivity index (χ4v) is 2.14. The molecule has 0 bridgehead atoms. The first-order valence-electron chi connectivity index (χ1n) is 6.05. The second-order valence-electron chi connectivity index (χ2n) is 4.65. The van der Waals surface area contributed by atoms with Crippen molar-refractivity contribution in [3.8, 4) is 0 Å². The van der Waals surface area contributed by atoms with Crippen LogP contribution >= 0.6 is 0 Å². The molecule has 1 fully saturated rings. The standard InChI is InChI=1S/C13H16F2N2O/c1-8-5-6-16-7-11(8)17-13(18)12-9(14)3-2-4-10(12)15/h2-4,8,11,16H,5-7H2,1H3,(H,17,18). The van der Waals surface area contributed by atoms with E-state index in [1.165, 1.54) is 6.07 Å². The average Bonchev–Trinajstić information content (AvgIpc) is 2.32. The first-order chi connectivity index (χ1) is 8.59. The lowest BCUT2D eigenvalue weighted by atomic mass is 9.94. The molecule has 2 atom stereocenters. The van der Waals surface area contributed by atoms with Crippen molar-refractivity contribution < 1.29 is 13.6 Å². The Morgan fingerprint density at radius 3 is 2.67 bits per heavy atom. The van der Waals surface area contributed by atoms with Crippen molar-refractivity contribution in [2.45, 2.75) is 19.4 Å². The highest BCUT2D eigenvalue weighted by Gasteiger charge is 2.25. The van der Waals surface area contributed by atoms with Gasteiger partial charge in [-0.1, -0.05) is 13.0 Å². The molecule has 1 amide bonds. The predicted octanol–water partition coefficient (Wildman–Crippen LogP) is 1.69. The number of carbonyl (C=O) groups excluding carboxylic acids is 1. The molecule has 1 aromatic carbocycles. The number of hydrogen-bond acceptors (Lipinski definition) is 2. The predicted molar refractivity (Wildman–Crippen MR) is 64.3 cm³/mol. The molecule has 0 aliphatic carbocycles. The van der Waals surface area contributed by atoms with Gasteiger partial charge in [0.25, 0.3) is 5.91 Å². The van der Waals surface area contributed by atoms with E-state index in [0.717, 1.165) is 25.1 Å². The van der Waals surface area contributed by atoms with Crippen LogP contribution in [0.5, 0.6) is 0 Å². The molecule has 0 aromatic heterocycles. The Bertz CT molecular complexity index is 430. The Kier molecular flexibility index (Phi) is 3.91. The topological polar surface area (TPSA) is 41.1 Å².